The molecule has 0 aromatic heterocycles. The predicted molar refractivity (Wildman–Crippen MR) is 66.6 cm³/mol. The molecule has 2 unspecified atom stereocenters. The van der Waals surface area contributed by atoms with Gasteiger partial charge in [0.25, 0.3) is 5.92 Å². The van der Waals surface area contributed by atoms with Crippen LogP contribution in [-0.4, -0.2) is 19.1 Å². The molecule has 0 heterocycles. The van der Waals surface area contributed by atoms with E-state index in [1.807, 2.05) is 0 Å². The number of rotatable bonds is 4. The molecule has 3 heteroatoms. The third-order valence-electron chi connectivity index (χ3n) is 5.44. The number of ether oxygens (including phenoxy) is 1. The number of halogens is 2. The fourth-order valence-corrected chi connectivity index (χ4v) is 5.18. The van der Waals surface area contributed by atoms with Crippen LogP contribution in [0.1, 0.15) is 46.0 Å². The third-order valence-corrected chi connectivity index (χ3v) is 5.44. The van der Waals surface area contributed by atoms with Crippen LogP contribution < -0.4 is 0 Å². The highest BCUT2D eigenvalue weighted by atomic mass is 19.3. The summed E-state index contributed by atoms with van der Waals surface area (Å²) in [5, 5.41) is 0. The van der Waals surface area contributed by atoms with Crippen LogP contribution in [0, 0.1) is 29.1 Å². The lowest BCUT2D eigenvalue weighted by atomic mass is 9.47. The van der Waals surface area contributed by atoms with Gasteiger partial charge in [0.05, 0.1) is 6.61 Å². The van der Waals surface area contributed by atoms with Crippen LogP contribution in [0.15, 0.2) is 0 Å². The maximum Gasteiger partial charge on any atom is 0.268 e. The summed E-state index contributed by atoms with van der Waals surface area (Å²) in [5.74, 6) is 0.268. The minimum absolute atomic E-state index is 0.413. The van der Waals surface area contributed by atoms with Gasteiger partial charge in [-0.1, -0.05) is 6.92 Å². The van der Waals surface area contributed by atoms with Crippen molar-refractivity contribution in [2.45, 2.75) is 51.9 Å². The summed E-state index contributed by atoms with van der Waals surface area (Å²) < 4.78 is 30.9. The Morgan fingerprint density at radius 3 is 2.28 bits per heavy atom. The molecule has 0 N–H and O–H groups in total. The Morgan fingerprint density at radius 1 is 1.17 bits per heavy atom. The van der Waals surface area contributed by atoms with Crippen molar-refractivity contribution in [2.75, 3.05) is 13.2 Å². The topological polar surface area (TPSA) is 9.23 Å². The monoisotopic (exact) mass is 258 g/mol. The van der Waals surface area contributed by atoms with Gasteiger partial charge in [0.15, 0.2) is 0 Å². The molecule has 1 nitrogen and oxygen atoms in total. The van der Waals surface area contributed by atoms with Crippen LogP contribution in [0.25, 0.3) is 0 Å². The molecular formula is C15H24F2O. The average Bonchev–Trinajstić information content (AvgIpc) is 2.18. The van der Waals surface area contributed by atoms with Crippen LogP contribution >= 0.6 is 0 Å². The molecule has 104 valence electrons. The van der Waals surface area contributed by atoms with Crippen molar-refractivity contribution in [3.63, 3.8) is 0 Å². The first-order valence-corrected chi connectivity index (χ1v) is 7.30. The van der Waals surface area contributed by atoms with Gasteiger partial charge in [0, 0.05) is 6.92 Å². The summed E-state index contributed by atoms with van der Waals surface area (Å²) in [7, 11) is 0. The smallest absolute Gasteiger partial charge is 0.268 e. The van der Waals surface area contributed by atoms with E-state index in [0.29, 0.717) is 17.9 Å². The molecule has 4 aliphatic rings. The van der Waals surface area contributed by atoms with Gasteiger partial charge in [-0.15, -0.1) is 0 Å². The van der Waals surface area contributed by atoms with Crippen LogP contribution in [0.3, 0.4) is 0 Å². The molecule has 0 spiro atoms. The Morgan fingerprint density at radius 2 is 1.78 bits per heavy atom. The second-order valence-corrected chi connectivity index (χ2v) is 7.53. The summed E-state index contributed by atoms with van der Waals surface area (Å²) >= 11 is 0. The van der Waals surface area contributed by atoms with Crippen LogP contribution in [0.5, 0.6) is 0 Å². The van der Waals surface area contributed by atoms with Crippen molar-refractivity contribution < 1.29 is 13.5 Å². The molecule has 4 saturated carbocycles. The Labute approximate surface area is 108 Å². The maximum absolute atomic E-state index is 12.8. The summed E-state index contributed by atoms with van der Waals surface area (Å²) in [6, 6.07) is 0. The highest BCUT2D eigenvalue weighted by molar-refractivity contribution is 5.03. The number of hydrogen-bond acceptors (Lipinski definition) is 1. The van der Waals surface area contributed by atoms with Gasteiger partial charge in [-0.05, 0) is 61.2 Å². The maximum atomic E-state index is 12.8. The fraction of sp³-hybridized carbons (Fsp3) is 1.00. The second kappa shape index (κ2) is 4.16. The summed E-state index contributed by atoms with van der Waals surface area (Å²) in [5.41, 5.74) is 0.557. The third kappa shape index (κ3) is 2.43. The molecule has 4 rings (SSSR count). The van der Waals surface area contributed by atoms with Gasteiger partial charge in [0.1, 0.15) is 6.61 Å². The van der Waals surface area contributed by atoms with Crippen LogP contribution in [0.2, 0.25) is 0 Å². The van der Waals surface area contributed by atoms with Crippen molar-refractivity contribution in [1.82, 2.24) is 0 Å². The van der Waals surface area contributed by atoms with Gasteiger partial charge in [0.2, 0.25) is 0 Å². The molecule has 4 aliphatic carbocycles. The molecule has 2 atom stereocenters. The van der Waals surface area contributed by atoms with E-state index < -0.39 is 12.5 Å². The van der Waals surface area contributed by atoms with Crippen molar-refractivity contribution in [2.24, 2.45) is 29.1 Å². The molecule has 0 radical (unpaired) electrons. The van der Waals surface area contributed by atoms with Crippen molar-refractivity contribution in [3.8, 4) is 0 Å². The normalized spacial score (nSPS) is 46.7. The summed E-state index contributed by atoms with van der Waals surface area (Å²) in [4.78, 5) is 0. The lowest BCUT2D eigenvalue weighted by molar-refractivity contribution is -0.129. The molecule has 0 aliphatic heterocycles. The summed E-state index contributed by atoms with van der Waals surface area (Å²) in [6.45, 7) is 3.51. The van der Waals surface area contributed by atoms with Gasteiger partial charge < -0.3 is 4.74 Å². The number of hydrogen-bond donors (Lipinski definition) is 0. The fourth-order valence-electron chi connectivity index (χ4n) is 5.18. The molecule has 4 fully saturated rings. The van der Waals surface area contributed by atoms with Crippen molar-refractivity contribution >= 4 is 0 Å². The second-order valence-electron chi connectivity index (χ2n) is 7.53. The van der Waals surface area contributed by atoms with E-state index in [4.69, 9.17) is 4.74 Å². The molecule has 18 heavy (non-hydrogen) atoms. The van der Waals surface area contributed by atoms with E-state index in [-0.39, 0.29) is 0 Å². The highest BCUT2D eigenvalue weighted by Crippen LogP contribution is 2.61. The van der Waals surface area contributed by atoms with Gasteiger partial charge in [-0.3, -0.25) is 0 Å². The van der Waals surface area contributed by atoms with E-state index in [1.165, 1.54) is 32.1 Å². The highest BCUT2D eigenvalue weighted by Gasteiger charge is 2.53. The number of alkyl halides is 2. The predicted octanol–water partition coefficient (Wildman–Crippen LogP) is 4.12. The van der Waals surface area contributed by atoms with Crippen molar-refractivity contribution in [3.05, 3.63) is 0 Å². The first-order valence-electron chi connectivity index (χ1n) is 7.30. The Hall–Kier alpha value is -0.180. The average molecular weight is 258 g/mol. The molecule has 0 amide bonds. The molecule has 0 aromatic carbocycles. The van der Waals surface area contributed by atoms with Gasteiger partial charge in [-0.2, -0.15) is 0 Å². The lowest BCUT2D eigenvalue weighted by Gasteiger charge is -2.59. The Bertz CT molecular complexity index is 307. The standard InChI is InChI=1S/C15H24F2O/c1-14-5-10-3-11(6-14)13(12(4-10)7-14)8-18-9-15(2,16)17/h10-13H,3-9H2,1-2H3. The van der Waals surface area contributed by atoms with Crippen LogP contribution in [0.4, 0.5) is 8.78 Å². The zero-order valence-electron chi connectivity index (χ0n) is 11.4. The lowest BCUT2D eigenvalue weighted by Crippen LogP contribution is -2.51. The Balaban J connectivity index is 1.58. The Kier molecular flexibility index (Phi) is 2.96. The SMILES string of the molecule is CC(F)(F)COCC1C2CC3CC1CC(C)(C3)C2. The quantitative estimate of drug-likeness (QED) is 0.737. The molecule has 0 saturated heterocycles. The van der Waals surface area contributed by atoms with Gasteiger partial charge >= 0.3 is 0 Å². The van der Waals surface area contributed by atoms with E-state index in [2.05, 4.69) is 6.92 Å². The van der Waals surface area contributed by atoms with Gasteiger partial charge in [-0.25, -0.2) is 8.78 Å². The van der Waals surface area contributed by atoms with E-state index >= 15 is 0 Å². The van der Waals surface area contributed by atoms with Crippen LogP contribution in [-0.2, 0) is 4.74 Å². The van der Waals surface area contributed by atoms with E-state index in [9.17, 15) is 8.78 Å². The first kappa shape index (κ1) is 12.8. The first-order chi connectivity index (χ1) is 8.35. The van der Waals surface area contributed by atoms with E-state index in [1.54, 1.807) is 0 Å². The molecule has 0 aromatic rings. The van der Waals surface area contributed by atoms with E-state index in [0.717, 1.165) is 24.7 Å². The minimum Gasteiger partial charge on any atom is -0.375 e. The molecular weight excluding hydrogens is 234 g/mol. The zero-order valence-corrected chi connectivity index (χ0v) is 11.4. The molecule has 4 bridgehead atoms. The largest absolute Gasteiger partial charge is 0.375 e. The minimum atomic E-state index is -2.68. The van der Waals surface area contributed by atoms with Crippen molar-refractivity contribution in [1.29, 1.82) is 0 Å². The summed E-state index contributed by atoms with van der Waals surface area (Å²) in [6.07, 6.45) is 6.65. The zero-order chi connectivity index (χ0) is 13.0.